The van der Waals surface area contributed by atoms with Gasteiger partial charge in [0.1, 0.15) is 0 Å². The normalized spacial score (nSPS) is 14.7. The first kappa shape index (κ1) is 14.3. The summed E-state index contributed by atoms with van der Waals surface area (Å²) in [5.74, 6) is 2.28. The second-order valence-electron chi connectivity index (χ2n) is 5.29. The molecule has 2 aromatic rings. The van der Waals surface area contributed by atoms with Crippen molar-refractivity contribution >= 4 is 23.2 Å². The largest absolute Gasteiger partial charge is 0.354 e. The molecule has 0 spiro atoms. The zero-order chi connectivity index (χ0) is 14.7. The predicted molar refractivity (Wildman–Crippen MR) is 88.1 cm³/mol. The maximum absolute atomic E-state index is 4.70. The Balaban J connectivity index is 1.98. The van der Waals surface area contributed by atoms with Gasteiger partial charge in [-0.05, 0) is 37.6 Å². The molecule has 5 nitrogen and oxygen atoms in total. The second-order valence-corrected chi connectivity index (χ2v) is 6.41. The van der Waals surface area contributed by atoms with Crippen molar-refractivity contribution in [1.82, 2.24) is 15.0 Å². The van der Waals surface area contributed by atoms with E-state index in [2.05, 4.69) is 45.5 Å². The van der Waals surface area contributed by atoms with Crippen molar-refractivity contribution in [2.45, 2.75) is 33.1 Å². The number of hydrogen-bond donors (Lipinski definition) is 1. The molecule has 0 unspecified atom stereocenters. The molecule has 1 N–H and O–H groups in total. The van der Waals surface area contributed by atoms with Crippen LogP contribution in [0.1, 0.15) is 31.1 Å². The number of aromatic nitrogens is 3. The summed E-state index contributed by atoms with van der Waals surface area (Å²) in [6, 6.07) is 2.09. The third-order valence-electron chi connectivity index (χ3n) is 3.65. The summed E-state index contributed by atoms with van der Waals surface area (Å²) in [7, 11) is 0. The van der Waals surface area contributed by atoms with Crippen LogP contribution in [0.2, 0.25) is 0 Å². The Hall–Kier alpha value is -1.69. The first-order valence-corrected chi connectivity index (χ1v) is 8.45. The van der Waals surface area contributed by atoms with Crippen molar-refractivity contribution in [3.8, 4) is 11.4 Å². The maximum atomic E-state index is 4.70. The number of anilines is 2. The van der Waals surface area contributed by atoms with E-state index in [9.17, 15) is 0 Å². The lowest BCUT2D eigenvalue weighted by Crippen LogP contribution is -2.22. The average Bonchev–Trinajstić information content (AvgIpc) is 3.16. The fourth-order valence-corrected chi connectivity index (χ4v) is 3.17. The van der Waals surface area contributed by atoms with E-state index in [1.54, 1.807) is 11.3 Å². The van der Waals surface area contributed by atoms with Gasteiger partial charge in [-0.3, -0.25) is 0 Å². The van der Waals surface area contributed by atoms with Crippen LogP contribution in [0, 0.1) is 6.92 Å². The number of nitrogens with one attached hydrogen (secondary N) is 1. The highest BCUT2D eigenvalue weighted by atomic mass is 32.1. The van der Waals surface area contributed by atoms with Crippen LogP contribution in [-0.4, -0.2) is 34.6 Å². The SMILES string of the molecule is CCCNc1nc(-c2ccsc2C)nc(N2CCCC2)n1. The van der Waals surface area contributed by atoms with Crippen LogP contribution in [0.25, 0.3) is 11.4 Å². The standard InChI is InChI=1S/C15H21N5S/c1-3-7-16-14-17-13(12-6-10-21-11(12)2)18-15(19-14)20-8-4-5-9-20/h6,10H,3-5,7-9H2,1-2H3,(H,16,17,18,19). The smallest absolute Gasteiger partial charge is 0.230 e. The van der Waals surface area contributed by atoms with Crippen molar-refractivity contribution in [3.63, 3.8) is 0 Å². The minimum atomic E-state index is 0.689. The van der Waals surface area contributed by atoms with Gasteiger partial charge in [-0.1, -0.05) is 6.92 Å². The van der Waals surface area contributed by atoms with Gasteiger partial charge in [0.05, 0.1) is 0 Å². The van der Waals surface area contributed by atoms with E-state index in [0.29, 0.717) is 5.95 Å². The van der Waals surface area contributed by atoms with Gasteiger partial charge in [-0.25, -0.2) is 0 Å². The molecule has 0 aromatic carbocycles. The molecule has 1 saturated heterocycles. The van der Waals surface area contributed by atoms with Crippen LogP contribution < -0.4 is 10.2 Å². The predicted octanol–water partition coefficient (Wildman–Crippen LogP) is 3.33. The van der Waals surface area contributed by atoms with E-state index >= 15 is 0 Å². The van der Waals surface area contributed by atoms with E-state index in [-0.39, 0.29) is 0 Å². The Morgan fingerprint density at radius 3 is 2.71 bits per heavy atom. The number of nitrogens with zero attached hydrogens (tertiary/aromatic N) is 4. The van der Waals surface area contributed by atoms with Gasteiger partial charge >= 0.3 is 0 Å². The molecule has 1 fully saturated rings. The molecular weight excluding hydrogens is 282 g/mol. The maximum Gasteiger partial charge on any atom is 0.230 e. The van der Waals surface area contributed by atoms with Crippen LogP contribution >= 0.6 is 11.3 Å². The molecule has 6 heteroatoms. The van der Waals surface area contributed by atoms with Crippen molar-refractivity contribution in [2.24, 2.45) is 0 Å². The molecule has 3 rings (SSSR count). The molecule has 1 aliphatic rings. The van der Waals surface area contributed by atoms with E-state index in [0.717, 1.165) is 43.4 Å². The minimum Gasteiger partial charge on any atom is -0.354 e. The Labute approximate surface area is 129 Å². The van der Waals surface area contributed by atoms with Gasteiger partial charge in [0.2, 0.25) is 11.9 Å². The zero-order valence-corrected chi connectivity index (χ0v) is 13.4. The molecule has 0 saturated carbocycles. The third-order valence-corrected chi connectivity index (χ3v) is 4.49. The molecule has 21 heavy (non-hydrogen) atoms. The first-order chi connectivity index (χ1) is 10.3. The van der Waals surface area contributed by atoms with E-state index in [4.69, 9.17) is 4.98 Å². The lowest BCUT2D eigenvalue weighted by atomic mass is 10.2. The fraction of sp³-hybridized carbons (Fsp3) is 0.533. The fourth-order valence-electron chi connectivity index (χ4n) is 2.48. The van der Waals surface area contributed by atoms with Gasteiger partial charge < -0.3 is 10.2 Å². The molecule has 1 aliphatic heterocycles. The number of aryl methyl sites for hydroxylation is 1. The highest BCUT2D eigenvalue weighted by Crippen LogP contribution is 2.27. The summed E-state index contributed by atoms with van der Waals surface area (Å²) >= 11 is 1.73. The van der Waals surface area contributed by atoms with Gasteiger partial charge in [-0.15, -0.1) is 11.3 Å². The number of hydrogen-bond acceptors (Lipinski definition) is 6. The molecule has 112 valence electrons. The summed E-state index contributed by atoms with van der Waals surface area (Å²) in [5, 5.41) is 5.38. The number of thiophene rings is 1. The molecule has 0 amide bonds. The molecule has 0 aliphatic carbocycles. The van der Waals surface area contributed by atoms with E-state index in [1.165, 1.54) is 17.7 Å². The molecule has 0 atom stereocenters. The topological polar surface area (TPSA) is 53.9 Å². The van der Waals surface area contributed by atoms with Crippen molar-refractivity contribution in [2.75, 3.05) is 29.9 Å². The Kier molecular flexibility index (Phi) is 4.34. The summed E-state index contributed by atoms with van der Waals surface area (Å²) in [4.78, 5) is 17.4. The van der Waals surface area contributed by atoms with E-state index in [1.807, 2.05) is 0 Å². The summed E-state index contributed by atoms with van der Waals surface area (Å²) in [6.07, 6.45) is 3.49. The van der Waals surface area contributed by atoms with Gasteiger partial charge in [0, 0.05) is 30.1 Å². The Morgan fingerprint density at radius 1 is 1.24 bits per heavy atom. The van der Waals surface area contributed by atoms with Gasteiger partial charge in [0.15, 0.2) is 5.82 Å². The molecule has 0 bridgehead atoms. The second kappa shape index (κ2) is 6.39. The summed E-state index contributed by atoms with van der Waals surface area (Å²) in [5.41, 5.74) is 1.11. The highest BCUT2D eigenvalue weighted by Gasteiger charge is 2.18. The quantitative estimate of drug-likeness (QED) is 0.918. The lowest BCUT2D eigenvalue weighted by molar-refractivity contribution is 0.873. The van der Waals surface area contributed by atoms with Crippen molar-refractivity contribution < 1.29 is 0 Å². The molecule has 0 radical (unpaired) electrons. The highest BCUT2D eigenvalue weighted by molar-refractivity contribution is 7.10. The van der Waals surface area contributed by atoms with Gasteiger partial charge in [-0.2, -0.15) is 15.0 Å². The van der Waals surface area contributed by atoms with Crippen LogP contribution in [0.15, 0.2) is 11.4 Å². The summed E-state index contributed by atoms with van der Waals surface area (Å²) < 4.78 is 0. The minimum absolute atomic E-state index is 0.689. The van der Waals surface area contributed by atoms with Gasteiger partial charge in [0.25, 0.3) is 0 Å². The monoisotopic (exact) mass is 303 g/mol. The summed E-state index contributed by atoms with van der Waals surface area (Å²) in [6.45, 7) is 7.21. The van der Waals surface area contributed by atoms with E-state index < -0.39 is 0 Å². The first-order valence-electron chi connectivity index (χ1n) is 7.57. The molecule has 3 heterocycles. The lowest BCUT2D eigenvalue weighted by Gasteiger charge is -2.16. The van der Waals surface area contributed by atoms with Crippen LogP contribution in [0.4, 0.5) is 11.9 Å². The zero-order valence-electron chi connectivity index (χ0n) is 12.6. The third kappa shape index (κ3) is 3.15. The Bertz CT molecular complexity index is 604. The number of rotatable bonds is 5. The Morgan fingerprint density at radius 2 is 2.05 bits per heavy atom. The molecular formula is C15H21N5S. The van der Waals surface area contributed by atoms with Crippen molar-refractivity contribution in [3.05, 3.63) is 16.3 Å². The van der Waals surface area contributed by atoms with Crippen LogP contribution in [0.3, 0.4) is 0 Å². The van der Waals surface area contributed by atoms with Crippen LogP contribution in [0.5, 0.6) is 0 Å². The van der Waals surface area contributed by atoms with Crippen LogP contribution in [-0.2, 0) is 0 Å². The average molecular weight is 303 g/mol. The molecule has 2 aromatic heterocycles. The van der Waals surface area contributed by atoms with Crippen molar-refractivity contribution in [1.29, 1.82) is 0 Å².